The van der Waals surface area contributed by atoms with E-state index in [1.807, 2.05) is 56.8 Å². The highest BCUT2D eigenvalue weighted by molar-refractivity contribution is 5.97. The first-order valence-corrected chi connectivity index (χ1v) is 15.1. The summed E-state index contributed by atoms with van der Waals surface area (Å²) in [6.07, 6.45) is 8.89. The van der Waals surface area contributed by atoms with Gasteiger partial charge < -0.3 is 20.5 Å². The normalized spacial score (nSPS) is 11.6. The van der Waals surface area contributed by atoms with Crippen molar-refractivity contribution in [1.82, 2.24) is 45.3 Å². The van der Waals surface area contributed by atoms with E-state index in [0.717, 1.165) is 51.9 Å². The van der Waals surface area contributed by atoms with E-state index in [9.17, 15) is 4.39 Å². The Morgan fingerprint density at radius 2 is 1.67 bits per heavy atom. The lowest BCUT2D eigenvalue weighted by Gasteiger charge is -2.12. The number of fused-ring (bicyclic) bond motifs is 2. The maximum atomic E-state index is 14.7. The van der Waals surface area contributed by atoms with Crippen molar-refractivity contribution in [3.8, 4) is 33.9 Å². The van der Waals surface area contributed by atoms with Gasteiger partial charge in [0, 0.05) is 67.0 Å². The second-order valence-electron chi connectivity index (χ2n) is 11.5. The molecule has 0 radical (unpaired) electrons. The molecular formula is C35H33FN10. The number of H-pyrrole nitrogens is 2. The van der Waals surface area contributed by atoms with Crippen LogP contribution < -0.4 is 10.6 Å². The zero-order valence-corrected chi connectivity index (χ0v) is 25.5. The van der Waals surface area contributed by atoms with Crippen molar-refractivity contribution in [2.45, 2.75) is 13.1 Å². The standard InChI is InChI=1S/C35H33FN10/c1-46(2)9-8-40-27-12-24(11-26(36)13-27)29-19-39-20-32-33(29)43-35(42-32)34-28-14-30(41-21-31(28)44-45-34)25-10-23(17-38-18-25)16-37-15-22-6-4-3-5-7-22/h3-7,10-14,17-21,37,40H,8-9,15-16H2,1-2H3,(H,42,43)(H,44,45). The van der Waals surface area contributed by atoms with E-state index in [1.54, 1.807) is 18.6 Å². The molecule has 0 saturated carbocycles. The lowest BCUT2D eigenvalue weighted by atomic mass is 10.1. The van der Waals surface area contributed by atoms with Crippen molar-refractivity contribution in [1.29, 1.82) is 0 Å². The molecule has 10 nitrogen and oxygen atoms in total. The highest BCUT2D eigenvalue weighted by Crippen LogP contribution is 2.33. The van der Waals surface area contributed by atoms with Gasteiger partial charge in [-0.2, -0.15) is 5.10 Å². The minimum Gasteiger partial charge on any atom is -0.384 e. The summed E-state index contributed by atoms with van der Waals surface area (Å²) in [7, 11) is 4.00. The molecule has 0 atom stereocenters. The molecular weight excluding hydrogens is 579 g/mol. The molecule has 0 unspecified atom stereocenters. The summed E-state index contributed by atoms with van der Waals surface area (Å²) in [5.41, 5.74) is 8.93. The van der Waals surface area contributed by atoms with Crippen LogP contribution >= 0.6 is 0 Å². The Morgan fingerprint density at radius 1 is 0.826 bits per heavy atom. The number of likely N-dealkylation sites (N-methyl/N-ethyl adjacent to an activating group) is 1. The Kier molecular flexibility index (Phi) is 8.15. The molecule has 5 aromatic heterocycles. The van der Waals surface area contributed by atoms with Crippen LogP contribution in [0.1, 0.15) is 11.1 Å². The van der Waals surface area contributed by atoms with Gasteiger partial charge in [-0.15, -0.1) is 0 Å². The first-order chi connectivity index (χ1) is 22.5. The molecule has 7 rings (SSSR count). The third kappa shape index (κ3) is 6.32. The molecule has 11 heteroatoms. The molecule has 0 aliphatic carbocycles. The number of aromatic amines is 2. The van der Waals surface area contributed by atoms with Crippen LogP contribution in [0, 0.1) is 5.82 Å². The molecule has 0 bridgehead atoms. The minimum atomic E-state index is -0.332. The fourth-order valence-corrected chi connectivity index (χ4v) is 5.45. The first kappa shape index (κ1) is 29.2. The predicted molar refractivity (Wildman–Crippen MR) is 179 cm³/mol. The monoisotopic (exact) mass is 612 g/mol. The fraction of sp³-hybridized carbons (Fsp3) is 0.171. The maximum Gasteiger partial charge on any atom is 0.159 e. The second kappa shape index (κ2) is 12.8. The zero-order valence-electron chi connectivity index (χ0n) is 25.5. The molecule has 0 amide bonds. The van der Waals surface area contributed by atoms with E-state index in [0.29, 0.717) is 41.4 Å². The molecule has 5 heterocycles. The van der Waals surface area contributed by atoms with Crippen LogP contribution in [-0.4, -0.2) is 67.2 Å². The van der Waals surface area contributed by atoms with E-state index >= 15 is 0 Å². The van der Waals surface area contributed by atoms with Crippen molar-refractivity contribution < 1.29 is 4.39 Å². The van der Waals surface area contributed by atoms with Crippen molar-refractivity contribution in [2.24, 2.45) is 0 Å². The van der Waals surface area contributed by atoms with Crippen LogP contribution in [-0.2, 0) is 13.1 Å². The van der Waals surface area contributed by atoms with E-state index in [2.05, 4.69) is 63.9 Å². The lowest BCUT2D eigenvalue weighted by molar-refractivity contribution is 0.425. The average Bonchev–Trinajstić information content (AvgIpc) is 3.69. The maximum absolute atomic E-state index is 14.7. The summed E-state index contributed by atoms with van der Waals surface area (Å²) in [4.78, 5) is 23.9. The van der Waals surface area contributed by atoms with Crippen molar-refractivity contribution in [2.75, 3.05) is 32.5 Å². The summed E-state index contributed by atoms with van der Waals surface area (Å²) in [6, 6.07) is 19.3. The topological polar surface area (TPSA) is 123 Å². The molecule has 0 fully saturated rings. The number of aromatic nitrogens is 7. The molecule has 0 saturated heterocycles. The van der Waals surface area contributed by atoms with Gasteiger partial charge in [-0.3, -0.25) is 20.1 Å². The van der Waals surface area contributed by atoms with Crippen LogP contribution in [0.5, 0.6) is 0 Å². The average molecular weight is 613 g/mol. The van der Waals surface area contributed by atoms with E-state index in [-0.39, 0.29) is 5.82 Å². The molecule has 0 aliphatic heterocycles. The Balaban J connectivity index is 1.17. The van der Waals surface area contributed by atoms with Gasteiger partial charge in [0.2, 0.25) is 0 Å². The van der Waals surface area contributed by atoms with E-state index in [1.165, 1.54) is 17.7 Å². The number of nitrogens with one attached hydrogen (secondary N) is 4. The fourth-order valence-electron chi connectivity index (χ4n) is 5.45. The van der Waals surface area contributed by atoms with Crippen LogP contribution in [0.2, 0.25) is 0 Å². The van der Waals surface area contributed by atoms with Gasteiger partial charge >= 0.3 is 0 Å². The molecule has 7 aromatic rings. The molecule has 0 aliphatic rings. The summed E-state index contributed by atoms with van der Waals surface area (Å²) in [6.45, 7) is 2.98. The highest BCUT2D eigenvalue weighted by Gasteiger charge is 2.17. The second-order valence-corrected chi connectivity index (χ2v) is 11.5. The molecule has 0 spiro atoms. The molecule has 46 heavy (non-hydrogen) atoms. The summed E-state index contributed by atoms with van der Waals surface area (Å²) in [5.74, 6) is 0.242. The number of anilines is 1. The molecule has 2 aromatic carbocycles. The largest absolute Gasteiger partial charge is 0.384 e. The Labute approximate surface area is 265 Å². The summed E-state index contributed by atoms with van der Waals surface area (Å²) in [5, 5.41) is 15.3. The predicted octanol–water partition coefficient (Wildman–Crippen LogP) is 6.03. The van der Waals surface area contributed by atoms with Crippen molar-refractivity contribution in [3.63, 3.8) is 0 Å². The van der Waals surface area contributed by atoms with Crippen molar-refractivity contribution in [3.05, 3.63) is 109 Å². The number of nitrogens with zero attached hydrogens (tertiary/aromatic N) is 6. The smallest absolute Gasteiger partial charge is 0.159 e. The lowest BCUT2D eigenvalue weighted by Crippen LogP contribution is -2.20. The SMILES string of the molecule is CN(C)CCNc1cc(F)cc(-c2cncc3[nH]c(-c4n[nH]c5cnc(-c6cncc(CNCc7ccccc7)c6)cc45)nc23)c1. The van der Waals surface area contributed by atoms with E-state index in [4.69, 9.17) is 4.98 Å². The van der Waals surface area contributed by atoms with Crippen LogP contribution in [0.25, 0.3) is 55.8 Å². The van der Waals surface area contributed by atoms with Crippen molar-refractivity contribution >= 4 is 27.6 Å². The van der Waals surface area contributed by atoms with Gasteiger partial charge in [0.25, 0.3) is 0 Å². The van der Waals surface area contributed by atoms with Gasteiger partial charge in [-0.05, 0) is 61.1 Å². The van der Waals surface area contributed by atoms with Gasteiger partial charge in [0.15, 0.2) is 5.82 Å². The third-order valence-electron chi connectivity index (χ3n) is 7.75. The number of hydrogen-bond acceptors (Lipinski definition) is 8. The highest BCUT2D eigenvalue weighted by atomic mass is 19.1. The number of rotatable bonds is 11. The Hall–Kier alpha value is -5.52. The first-order valence-electron chi connectivity index (χ1n) is 15.1. The number of benzene rings is 2. The number of imidazole rings is 1. The van der Waals surface area contributed by atoms with Crippen LogP contribution in [0.15, 0.2) is 91.6 Å². The zero-order chi connectivity index (χ0) is 31.5. The van der Waals surface area contributed by atoms with Gasteiger partial charge in [-0.25, -0.2) is 9.37 Å². The number of hydrogen-bond donors (Lipinski definition) is 4. The van der Waals surface area contributed by atoms with Gasteiger partial charge in [-0.1, -0.05) is 30.3 Å². The van der Waals surface area contributed by atoms with E-state index < -0.39 is 0 Å². The number of pyridine rings is 3. The van der Waals surface area contributed by atoms with Gasteiger partial charge in [0.1, 0.15) is 11.5 Å². The quantitative estimate of drug-likeness (QED) is 0.140. The van der Waals surface area contributed by atoms with Crippen LogP contribution in [0.3, 0.4) is 0 Å². The number of halogens is 1. The van der Waals surface area contributed by atoms with Crippen LogP contribution in [0.4, 0.5) is 10.1 Å². The Bertz CT molecular complexity index is 2120. The minimum absolute atomic E-state index is 0.332. The summed E-state index contributed by atoms with van der Waals surface area (Å²) < 4.78 is 14.7. The summed E-state index contributed by atoms with van der Waals surface area (Å²) >= 11 is 0. The van der Waals surface area contributed by atoms with Gasteiger partial charge in [0.05, 0.1) is 34.6 Å². The molecule has 230 valence electrons. The molecule has 4 N–H and O–H groups in total. The third-order valence-corrected chi connectivity index (χ3v) is 7.75. The Morgan fingerprint density at radius 3 is 2.54 bits per heavy atom.